The monoisotopic (exact) mass is 159 g/mol. The van der Waals surface area contributed by atoms with Crippen LogP contribution >= 0.6 is 0 Å². The second kappa shape index (κ2) is 5.56. The van der Waals surface area contributed by atoms with Gasteiger partial charge < -0.3 is 9.64 Å². The van der Waals surface area contributed by atoms with Crippen molar-refractivity contribution in [3.05, 3.63) is 0 Å². The molecular weight excluding hydrogens is 138 g/mol. The van der Waals surface area contributed by atoms with Crippen LogP contribution in [-0.4, -0.2) is 37.7 Å². The molecule has 0 aliphatic heterocycles. The van der Waals surface area contributed by atoms with E-state index in [-0.39, 0.29) is 0 Å². The summed E-state index contributed by atoms with van der Waals surface area (Å²) in [5.41, 5.74) is 0. The number of likely N-dealkylation sites (N-methyl/N-ethyl adjacent to an activating group) is 1. The molecule has 0 saturated heterocycles. The fourth-order valence-corrected chi connectivity index (χ4v) is 0.570. The Balaban J connectivity index is 3.37. The van der Waals surface area contributed by atoms with E-state index >= 15 is 0 Å². The maximum Gasteiger partial charge on any atom is 0.0622 e. The Hall–Kier alpha value is -0.0800. The maximum absolute atomic E-state index is 5.57. The largest absolute Gasteiger partial charge is 0.377 e. The molecule has 0 amide bonds. The molecule has 0 fully saturated rings. The van der Waals surface area contributed by atoms with E-state index in [9.17, 15) is 0 Å². The van der Waals surface area contributed by atoms with E-state index in [1.165, 1.54) is 0 Å². The molecule has 0 radical (unpaired) electrons. The summed E-state index contributed by atoms with van der Waals surface area (Å²) < 4.78 is 5.57. The molecule has 68 valence electrons. The molecule has 0 aliphatic carbocycles. The Morgan fingerprint density at radius 2 is 1.82 bits per heavy atom. The molecule has 0 bridgehead atoms. The van der Waals surface area contributed by atoms with Gasteiger partial charge in [-0.15, -0.1) is 0 Å². The summed E-state index contributed by atoms with van der Waals surface area (Å²) in [5.74, 6) is 0. The smallest absolute Gasteiger partial charge is 0.0622 e. The molecule has 2 atom stereocenters. The molecule has 0 aromatic heterocycles. The summed E-state index contributed by atoms with van der Waals surface area (Å²) in [7, 11) is 4.15. The van der Waals surface area contributed by atoms with Gasteiger partial charge in [0.1, 0.15) is 0 Å². The number of hydrogen-bond acceptors (Lipinski definition) is 2. The molecule has 0 aromatic carbocycles. The fraction of sp³-hybridized carbons (Fsp3) is 1.00. The first-order chi connectivity index (χ1) is 5.07. The van der Waals surface area contributed by atoms with Crippen LogP contribution in [0.15, 0.2) is 0 Å². The number of hydrogen-bond donors (Lipinski definition) is 0. The van der Waals surface area contributed by atoms with E-state index in [0.717, 1.165) is 13.0 Å². The predicted octanol–water partition coefficient (Wildman–Crippen LogP) is 1.75. The lowest BCUT2D eigenvalue weighted by Crippen LogP contribution is -2.30. The van der Waals surface area contributed by atoms with Crippen LogP contribution in [0.5, 0.6) is 0 Å². The second-order valence-corrected chi connectivity index (χ2v) is 3.36. The molecule has 2 heteroatoms. The van der Waals surface area contributed by atoms with E-state index in [4.69, 9.17) is 4.74 Å². The summed E-state index contributed by atoms with van der Waals surface area (Å²) in [4.78, 5) is 2.17. The van der Waals surface area contributed by atoms with Gasteiger partial charge in [-0.05, 0) is 34.4 Å². The number of rotatable bonds is 5. The van der Waals surface area contributed by atoms with Crippen LogP contribution in [0.25, 0.3) is 0 Å². The Labute approximate surface area is 70.5 Å². The average Bonchev–Trinajstić information content (AvgIpc) is 1.99. The van der Waals surface area contributed by atoms with Gasteiger partial charge in [-0.2, -0.15) is 0 Å². The van der Waals surface area contributed by atoms with Crippen molar-refractivity contribution >= 4 is 0 Å². The van der Waals surface area contributed by atoms with Gasteiger partial charge in [0.15, 0.2) is 0 Å². The summed E-state index contributed by atoms with van der Waals surface area (Å²) in [5, 5.41) is 0. The first kappa shape index (κ1) is 10.9. The standard InChI is InChI=1S/C9H21NO/c1-6-9(3)11-7-8(2)10(4)5/h8-9H,6-7H2,1-5H3. The lowest BCUT2D eigenvalue weighted by molar-refractivity contribution is 0.0315. The number of nitrogens with zero attached hydrogens (tertiary/aromatic N) is 1. The van der Waals surface area contributed by atoms with Crippen molar-refractivity contribution in [1.82, 2.24) is 4.90 Å². The molecule has 0 aliphatic rings. The minimum absolute atomic E-state index is 0.400. The highest BCUT2D eigenvalue weighted by Crippen LogP contribution is 1.99. The average molecular weight is 159 g/mol. The van der Waals surface area contributed by atoms with Crippen molar-refractivity contribution in [1.29, 1.82) is 0 Å². The lowest BCUT2D eigenvalue weighted by atomic mass is 10.3. The van der Waals surface area contributed by atoms with Crippen LogP contribution in [0.2, 0.25) is 0 Å². The fourth-order valence-electron chi connectivity index (χ4n) is 0.570. The SMILES string of the molecule is CCC(C)OCC(C)N(C)C. The summed E-state index contributed by atoms with van der Waals surface area (Å²) in [6, 6.07) is 0.518. The Kier molecular flexibility index (Phi) is 5.51. The summed E-state index contributed by atoms with van der Waals surface area (Å²) in [6.07, 6.45) is 1.50. The van der Waals surface area contributed by atoms with Crippen LogP contribution < -0.4 is 0 Å². The minimum atomic E-state index is 0.400. The van der Waals surface area contributed by atoms with Crippen LogP contribution in [0, 0.1) is 0 Å². The van der Waals surface area contributed by atoms with E-state index in [1.54, 1.807) is 0 Å². The van der Waals surface area contributed by atoms with Gasteiger partial charge in [0.25, 0.3) is 0 Å². The van der Waals surface area contributed by atoms with Crippen molar-refractivity contribution in [2.75, 3.05) is 20.7 Å². The second-order valence-electron chi connectivity index (χ2n) is 3.36. The first-order valence-electron chi connectivity index (χ1n) is 4.36. The third-order valence-corrected chi connectivity index (χ3v) is 2.08. The third-order valence-electron chi connectivity index (χ3n) is 2.08. The molecular formula is C9H21NO. The van der Waals surface area contributed by atoms with Crippen LogP contribution in [0.1, 0.15) is 27.2 Å². The van der Waals surface area contributed by atoms with Gasteiger partial charge in [-0.25, -0.2) is 0 Å². The van der Waals surface area contributed by atoms with Crippen molar-refractivity contribution in [2.45, 2.75) is 39.3 Å². The lowest BCUT2D eigenvalue weighted by Gasteiger charge is -2.21. The van der Waals surface area contributed by atoms with E-state index < -0.39 is 0 Å². The van der Waals surface area contributed by atoms with Gasteiger partial charge >= 0.3 is 0 Å². The quantitative estimate of drug-likeness (QED) is 0.606. The number of ether oxygens (including phenoxy) is 1. The molecule has 11 heavy (non-hydrogen) atoms. The molecule has 0 saturated carbocycles. The molecule has 0 heterocycles. The zero-order chi connectivity index (χ0) is 8.85. The maximum atomic E-state index is 5.57. The van der Waals surface area contributed by atoms with E-state index in [2.05, 4.69) is 39.8 Å². The molecule has 0 spiro atoms. The molecule has 0 N–H and O–H groups in total. The first-order valence-corrected chi connectivity index (χ1v) is 4.36. The van der Waals surface area contributed by atoms with Gasteiger partial charge in [-0.1, -0.05) is 6.92 Å². The summed E-state index contributed by atoms with van der Waals surface area (Å²) in [6.45, 7) is 7.26. The minimum Gasteiger partial charge on any atom is -0.377 e. The molecule has 2 unspecified atom stereocenters. The Bertz CT molecular complexity index is 93.6. The zero-order valence-corrected chi connectivity index (χ0v) is 8.42. The highest BCUT2D eigenvalue weighted by atomic mass is 16.5. The van der Waals surface area contributed by atoms with E-state index in [1.807, 2.05) is 0 Å². The van der Waals surface area contributed by atoms with Crippen LogP contribution in [-0.2, 0) is 4.74 Å². The topological polar surface area (TPSA) is 12.5 Å². The Morgan fingerprint density at radius 1 is 1.27 bits per heavy atom. The van der Waals surface area contributed by atoms with Gasteiger partial charge in [0, 0.05) is 6.04 Å². The third kappa shape index (κ3) is 5.22. The molecule has 0 rings (SSSR count). The Morgan fingerprint density at radius 3 is 2.18 bits per heavy atom. The van der Waals surface area contributed by atoms with Crippen molar-refractivity contribution in [3.63, 3.8) is 0 Å². The van der Waals surface area contributed by atoms with Crippen molar-refractivity contribution < 1.29 is 4.74 Å². The molecule has 2 nitrogen and oxygen atoms in total. The van der Waals surface area contributed by atoms with Crippen LogP contribution in [0.3, 0.4) is 0 Å². The van der Waals surface area contributed by atoms with Gasteiger partial charge in [0.05, 0.1) is 12.7 Å². The molecule has 0 aromatic rings. The van der Waals surface area contributed by atoms with Gasteiger partial charge in [0.2, 0.25) is 0 Å². The summed E-state index contributed by atoms with van der Waals surface area (Å²) >= 11 is 0. The van der Waals surface area contributed by atoms with Crippen molar-refractivity contribution in [2.24, 2.45) is 0 Å². The van der Waals surface area contributed by atoms with E-state index in [0.29, 0.717) is 12.1 Å². The highest BCUT2D eigenvalue weighted by molar-refractivity contribution is 4.58. The van der Waals surface area contributed by atoms with Crippen LogP contribution in [0.4, 0.5) is 0 Å². The highest BCUT2D eigenvalue weighted by Gasteiger charge is 2.06. The van der Waals surface area contributed by atoms with Gasteiger partial charge in [-0.3, -0.25) is 0 Å². The zero-order valence-electron chi connectivity index (χ0n) is 8.42. The predicted molar refractivity (Wildman–Crippen MR) is 48.9 cm³/mol. The van der Waals surface area contributed by atoms with Crippen molar-refractivity contribution in [3.8, 4) is 0 Å². The normalized spacial score (nSPS) is 16.9.